The smallest absolute Gasteiger partial charge is 0.237 e. The largest absolute Gasteiger partial charge is 0.294 e. The van der Waals surface area contributed by atoms with Gasteiger partial charge in [-0.25, -0.2) is 9.97 Å². The van der Waals surface area contributed by atoms with Crippen molar-refractivity contribution in [1.82, 2.24) is 27.9 Å². The van der Waals surface area contributed by atoms with Gasteiger partial charge in [0.25, 0.3) is 0 Å². The second-order valence-electron chi connectivity index (χ2n) is 14.0. The van der Waals surface area contributed by atoms with E-state index < -0.39 is 0 Å². The Bertz CT molecular complexity index is 3430. The number of para-hydroxylation sites is 5. The molecule has 0 saturated carbocycles. The van der Waals surface area contributed by atoms with Crippen molar-refractivity contribution < 1.29 is 0 Å². The Kier molecular flexibility index (Phi) is 5.96. The van der Waals surface area contributed by atoms with E-state index in [1.807, 2.05) is 6.07 Å². The zero-order valence-corrected chi connectivity index (χ0v) is 29.0. The Labute approximate surface area is 309 Å². The van der Waals surface area contributed by atoms with Gasteiger partial charge >= 0.3 is 0 Å². The van der Waals surface area contributed by atoms with Crippen molar-refractivity contribution in [3.63, 3.8) is 0 Å². The van der Waals surface area contributed by atoms with Crippen molar-refractivity contribution in [2.45, 2.75) is 0 Å². The van der Waals surface area contributed by atoms with E-state index in [-0.39, 0.29) is 0 Å². The molecule has 54 heavy (non-hydrogen) atoms. The summed E-state index contributed by atoms with van der Waals surface area (Å²) in [5.41, 5.74) is 15.3. The van der Waals surface area contributed by atoms with Crippen LogP contribution in [0.1, 0.15) is 0 Å². The van der Waals surface area contributed by atoms with E-state index in [0.29, 0.717) is 5.95 Å². The molecule has 6 nitrogen and oxygen atoms in total. The van der Waals surface area contributed by atoms with Gasteiger partial charge in [-0.05, 0) is 71.8 Å². The maximum absolute atomic E-state index is 5.39. The number of rotatable bonds is 4. The summed E-state index contributed by atoms with van der Waals surface area (Å²) in [6.07, 6.45) is 0. The lowest BCUT2D eigenvalue weighted by Crippen LogP contribution is -2.03. The van der Waals surface area contributed by atoms with E-state index in [4.69, 9.17) is 9.97 Å². The van der Waals surface area contributed by atoms with Crippen LogP contribution < -0.4 is 0 Å². The maximum atomic E-state index is 5.39. The molecule has 0 aliphatic rings. The number of imidazole rings is 2. The average molecular weight is 691 g/mol. The standard InChI is InChI=1S/C48H30N6/c1-2-12-31(13-3-1)32-22-24-33(25-23-32)47-37-16-6-7-17-38(37)49-48(50-47)54-43-27-26-36(30-44(43)53-40-19-9-5-15-35(40)29-46(53)54)51-41-20-10-11-21-42(41)52-39-18-8-4-14-34(39)28-45(51)52/h1-30H. The summed E-state index contributed by atoms with van der Waals surface area (Å²) in [6.45, 7) is 0. The molecule has 0 radical (unpaired) electrons. The SMILES string of the molecule is c1ccc(-c2ccc(-c3nc(-n4c5ccc(-n6c7ccccc7n7c8ccccc8cc67)cc5n5c6ccccc6cc45)nc4ccccc34)cc2)cc1. The van der Waals surface area contributed by atoms with Gasteiger partial charge in [0, 0.05) is 27.4 Å². The molecule has 0 bridgehead atoms. The highest BCUT2D eigenvalue weighted by molar-refractivity contribution is 6.00. The fourth-order valence-corrected chi connectivity index (χ4v) is 8.54. The summed E-state index contributed by atoms with van der Waals surface area (Å²) in [5, 5.41) is 3.40. The first-order valence-electron chi connectivity index (χ1n) is 18.3. The molecule has 0 aliphatic heterocycles. The summed E-state index contributed by atoms with van der Waals surface area (Å²) in [4.78, 5) is 10.6. The summed E-state index contributed by atoms with van der Waals surface area (Å²) >= 11 is 0. The molecule has 5 aromatic heterocycles. The fourth-order valence-electron chi connectivity index (χ4n) is 8.54. The highest BCUT2D eigenvalue weighted by atomic mass is 15.2. The van der Waals surface area contributed by atoms with E-state index in [1.165, 1.54) is 27.5 Å². The first-order valence-corrected chi connectivity index (χ1v) is 18.3. The van der Waals surface area contributed by atoms with Crippen LogP contribution in [0.2, 0.25) is 0 Å². The lowest BCUT2D eigenvalue weighted by Gasteiger charge is -2.12. The maximum Gasteiger partial charge on any atom is 0.237 e. The molecule has 252 valence electrons. The molecule has 0 saturated heterocycles. The van der Waals surface area contributed by atoms with Crippen molar-refractivity contribution in [3.8, 4) is 34.0 Å². The van der Waals surface area contributed by atoms with Crippen LogP contribution in [0.15, 0.2) is 182 Å². The zero-order chi connectivity index (χ0) is 35.3. The molecule has 6 heteroatoms. The highest BCUT2D eigenvalue weighted by Crippen LogP contribution is 2.37. The Morgan fingerprint density at radius 3 is 1.67 bits per heavy atom. The topological polar surface area (TPSA) is 44.5 Å². The Balaban J connectivity index is 1.12. The summed E-state index contributed by atoms with van der Waals surface area (Å²) in [7, 11) is 0. The predicted octanol–water partition coefficient (Wildman–Crippen LogP) is 11.7. The molecule has 0 amide bonds. The van der Waals surface area contributed by atoms with E-state index in [1.54, 1.807) is 0 Å². The van der Waals surface area contributed by atoms with Crippen molar-refractivity contribution in [1.29, 1.82) is 0 Å². The third-order valence-corrected chi connectivity index (χ3v) is 11.0. The minimum Gasteiger partial charge on any atom is -0.294 e. The average Bonchev–Trinajstić information content (AvgIpc) is 3.97. The molecule has 0 fully saturated rings. The molecule has 0 N–H and O–H groups in total. The van der Waals surface area contributed by atoms with Gasteiger partial charge in [0.1, 0.15) is 11.3 Å². The molecule has 0 aliphatic carbocycles. The van der Waals surface area contributed by atoms with Crippen molar-refractivity contribution in [3.05, 3.63) is 182 Å². The van der Waals surface area contributed by atoms with Gasteiger partial charge in [-0.3, -0.25) is 17.9 Å². The third-order valence-electron chi connectivity index (χ3n) is 11.0. The van der Waals surface area contributed by atoms with Gasteiger partial charge in [-0.2, -0.15) is 0 Å². The molecule has 12 aromatic rings. The molecule has 0 spiro atoms. The van der Waals surface area contributed by atoms with Crippen LogP contribution in [0.4, 0.5) is 0 Å². The van der Waals surface area contributed by atoms with Gasteiger partial charge in [0.2, 0.25) is 5.95 Å². The van der Waals surface area contributed by atoms with Crippen LogP contribution in [0, 0.1) is 0 Å². The Morgan fingerprint density at radius 2 is 0.907 bits per heavy atom. The molecule has 7 aromatic carbocycles. The fraction of sp³-hybridized carbons (Fsp3) is 0. The number of hydrogen-bond acceptors (Lipinski definition) is 2. The van der Waals surface area contributed by atoms with Crippen molar-refractivity contribution in [2.75, 3.05) is 0 Å². The van der Waals surface area contributed by atoms with Crippen LogP contribution in [0.3, 0.4) is 0 Å². The predicted molar refractivity (Wildman–Crippen MR) is 221 cm³/mol. The summed E-state index contributed by atoms with van der Waals surface area (Å²) in [5.74, 6) is 0.637. The first kappa shape index (κ1) is 29.2. The van der Waals surface area contributed by atoms with Crippen LogP contribution in [0.5, 0.6) is 0 Å². The van der Waals surface area contributed by atoms with Crippen LogP contribution in [-0.4, -0.2) is 27.9 Å². The number of aromatic nitrogens is 6. The second-order valence-corrected chi connectivity index (χ2v) is 14.0. The van der Waals surface area contributed by atoms with Crippen molar-refractivity contribution >= 4 is 66.1 Å². The number of fused-ring (bicyclic) bond motifs is 11. The van der Waals surface area contributed by atoms with Crippen molar-refractivity contribution in [2.24, 2.45) is 0 Å². The second kappa shape index (κ2) is 11.0. The molecule has 5 heterocycles. The summed E-state index contributed by atoms with van der Waals surface area (Å²) in [6, 6.07) is 64.7. The lowest BCUT2D eigenvalue weighted by molar-refractivity contribution is 1.00. The van der Waals surface area contributed by atoms with Crippen LogP contribution >= 0.6 is 0 Å². The highest BCUT2D eigenvalue weighted by Gasteiger charge is 2.22. The van der Waals surface area contributed by atoms with Crippen LogP contribution in [0.25, 0.3) is 100 Å². The first-order chi connectivity index (χ1) is 26.8. The van der Waals surface area contributed by atoms with E-state index in [0.717, 1.165) is 66.6 Å². The normalized spacial score (nSPS) is 12.1. The Morgan fingerprint density at radius 1 is 0.352 bits per heavy atom. The number of nitrogens with zero attached hydrogens (tertiary/aromatic N) is 6. The van der Waals surface area contributed by atoms with Gasteiger partial charge in [-0.15, -0.1) is 0 Å². The molecule has 0 unspecified atom stereocenters. The van der Waals surface area contributed by atoms with E-state index in [9.17, 15) is 0 Å². The number of benzene rings is 7. The Hall–Kier alpha value is -7.44. The molecule has 0 atom stereocenters. The van der Waals surface area contributed by atoms with Crippen LogP contribution in [-0.2, 0) is 0 Å². The number of hydrogen-bond donors (Lipinski definition) is 0. The third kappa shape index (κ3) is 4.10. The van der Waals surface area contributed by atoms with Gasteiger partial charge in [-0.1, -0.05) is 121 Å². The summed E-state index contributed by atoms with van der Waals surface area (Å²) < 4.78 is 9.34. The molecular formula is C48H30N6. The van der Waals surface area contributed by atoms with E-state index >= 15 is 0 Å². The monoisotopic (exact) mass is 690 g/mol. The lowest BCUT2D eigenvalue weighted by atomic mass is 10.0. The van der Waals surface area contributed by atoms with Gasteiger partial charge in [0.15, 0.2) is 0 Å². The minimum absolute atomic E-state index is 0.637. The van der Waals surface area contributed by atoms with Gasteiger partial charge in [0.05, 0.1) is 44.3 Å². The molecule has 12 rings (SSSR count). The minimum atomic E-state index is 0.637. The van der Waals surface area contributed by atoms with Gasteiger partial charge < -0.3 is 0 Å². The van der Waals surface area contributed by atoms with E-state index in [2.05, 4.69) is 194 Å². The zero-order valence-electron chi connectivity index (χ0n) is 29.0. The quantitative estimate of drug-likeness (QED) is 0.184. The molecular weight excluding hydrogens is 661 g/mol.